The van der Waals surface area contributed by atoms with E-state index < -0.39 is 17.7 Å². The van der Waals surface area contributed by atoms with E-state index in [1.165, 1.54) is 0 Å². The number of ether oxygens (including phenoxy) is 1. The van der Waals surface area contributed by atoms with Crippen LogP contribution < -0.4 is 10.9 Å². The monoisotopic (exact) mass is 389 g/mol. The molecule has 0 radical (unpaired) electrons. The molecule has 1 aromatic rings. The molecule has 0 aromatic carbocycles. The molecule has 0 saturated carbocycles. The van der Waals surface area contributed by atoms with Crippen molar-refractivity contribution in [2.75, 3.05) is 13.1 Å². The first kappa shape index (κ1) is 20.4. The van der Waals surface area contributed by atoms with Crippen molar-refractivity contribution in [1.29, 1.82) is 0 Å². The van der Waals surface area contributed by atoms with Gasteiger partial charge in [-0.1, -0.05) is 19.9 Å². The number of rotatable bonds is 3. The van der Waals surface area contributed by atoms with E-state index in [2.05, 4.69) is 5.32 Å². The van der Waals surface area contributed by atoms with Crippen molar-refractivity contribution in [3.05, 3.63) is 34.2 Å². The number of carbonyl (C=O) groups is 2. The van der Waals surface area contributed by atoms with Crippen LogP contribution >= 0.6 is 0 Å². The molecule has 1 N–H and O–H groups in total. The maximum absolute atomic E-state index is 13.2. The largest absolute Gasteiger partial charge is 0.444 e. The Balaban J connectivity index is 1.75. The predicted octanol–water partition coefficient (Wildman–Crippen LogP) is 2.34. The van der Waals surface area contributed by atoms with Crippen LogP contribution in [0, 0.1) is 11.8 Å². The molecule has 0 unspecified atom stereocenters. The molecule has 1 saturated heterocycles. The Morgan fingerprint density at radius 1 is 1.18 bits per heavy atom. The zero-order valence-electron chi connectivity index (χ0n) is 17.4. The van der Waals surface area contributed by atoms with E-state index >= 15 is 0 Å². The summed E-state index contributed by atoms with van der Waals surface area (Å²) in [4.78, 5) is 39.5. The molecule has 2 aliphatic rings. The molecule has 1 fully saturated rings. The Hall–Kier alpha value is -2.31. The topological polar surface area (TPSA) is 80.6 Å². The minimum Gasteiger partial charge on any atom is -0.444 e. The van der Waals surface area contributed by atoms with Crippen molar-refractivity contribution in [2.24, 2.45) is 11.8 Å². The van der Waals surface area contributed by atoms with Crippen molar-refractivity contribution >= 4 is 12.0 Å². The number of hydrogen-bond acceptors (Lipinski definition) is 4. The highest BCUT2D eigenvalue weighted by atomic mass is 16.6. The van der Waals surface area contributed by atoms with Crippen molar-refractivity contribution < 1.29 is 14.3 Å². The Kier molecular flexibility index (Phi) is 5.55. The Labute approximate surface area is 166 Å². The molecule has 0 spiro atoms. The second-order valence-corrected chi connectivity index (χ2v) is 9.31. The number of nitrogens with one attached hydrogen (secondary N) is 1. The van der Waals surface area contributed by atoms with Crippen LogP contribution in [-0.2, 0) is 16.1 Å². The lowest BCUT2D eigenvalue weighted by molar-refractivity contribution is -0.137. The van der Waals surface area contributed by atoms with Gasteiger partial charge in [-0.2, -0.15) is 0 Å². The summed E-state index contributed by atoms with van der Waals surface area (Å²) in [5, 5.41) is 2.76. The van der Waals surface area contributed by atoms with E-state index in [1.54, 1.807) is 32.9 Å². The van der Waals surface area contributed by atoms with E-state index in [4.69, 9.17) is 4.74 Å². The van der Waals surface area contributed by atoms with E-state index in [9.17, 15) is 14.4 Å². The average molecular weight is 389 g/mol. The van der Waals surface area contributed by atoms with E-state index in [1.807, 2.05) is 29.4 Å². The summed E-state index contributed by atoms with van der Waals surface area (Å²) in [7, 11) is 0. The fourth-order valence-corrected chi connectivity index (χ4v) is 4.22. The molecule has 0 aliphatic carbocycles. The molecule has 2 amide bonds. The van der Waals surface area contributed by atoms with E-state index in [0.29, 0.717) is 19.6 Å². The summed E-state index contributed by atoms with van der Waals surface area (Å²) in [6.45, 7) is 11.0. The first-order chi connectivity index (χ1) is 13.0. The number of likely N-dealkylation sites (tertiary alicyclic amines) is 1. The predicted molar refractivity (Wildman–Crippen MR) is 106 cm³/mol. The Morgan fingerprint density at radius 3 is 2.54 bits per heavy atom. The van der Waals surface area contributed by atoms with Gasteiger partial charge in [-0.25, -0.2) is 4.79 Å². The number of pyridine rings is 1. The van der Waals surface area contributed by atoms with E-state index in [-0.39, 0.29) is 29.2 Å². The standard InChI is InChI=1S/C21H31N3O4/c1-13(2)18(22-20(27)28-21(3,4)5)19(26)23-10-14-9-15(12-23)16-7-6-8-17(25)24(16)11-14/h6-8,13-15,18H,9-12H2,1-5H3,(H,22,27)/t14-,15+,18-/m0/s1. The molecule has 28 heavy (non-hydrogen) atoms. The number of nitrogens with zero attached hydrogens (tertiary/aromatic N) is 2. The van der Waals surface area contributed by atoms with Crippen LogP contribution in [0.2, 0.25) is 0 Å². The van der Waals surface area contributed by atoms with Crippen molar-refractivity contribution in [3.63, 3.8) is 0 Å². The first-order valence-electron chi connectivity index (χ1n) is 10.0. The number of amides is 2. The minimum atomic E-state index is -0.633. The molecule has 7 heteroatoms. The van der Waals surface area contributed by atoms with Crippen molar-refractivity contribution in [2.45, 2.75) is 65.1 Å². The Bertz CT molecular complexity index is 809. The number of fused-ring (bicyclic) bond motifs is 4. The third-order valence-corrected chi connectivity index (χ3v) is 5.40. The molecule has 3 atom stereocenters. The molecule has 3 rings (SSSR count). The number of aromatic nitrogens is 1. The number of piperidine rings is 1. The van der Waals surface area contributed by atoms with Gasteiger partial charge >= 0.3 is 6.09 Å². The summed E-state index contributed by atoms with van der Waals surface area (Å²) in [6.07, 6.45) is 0.410. The summed E-state index contributed by atoms with van der Waals surface area (Å²) in [5.41, 5.74) is 0.411. The summed E-state index contributed by atoms with van der Waals surface area (Å²) in [5.74, 6) is 0.267. The maximum Gasteiger partial charge on any atom is 0.408 e. The van der Waals surface area contributed by atoms with Crippen LogP contribution in [0.25, 0.3) is 0 Å². The zero-order chi connectivity index (χ0) is 20.6. The third kappa shape index (κ3) is 4.39. The van der Waals surface area contributed by atoms with Gasteiger partial charge in [-0.15, -0.1) is 0 Å². The molecule has 2 bridgehead atoms. The number of hydrogen-bond donors (Lipinski definition) is 1. The van der Waals surface area contributed by atoms with Gasteiger partial charge in [0.15, 0.2) is 0 Å². The molecular formula is C21H31N3O4. The average Bonchev–Trinajstić information content (AvgIpc) is 2.58. The van der Waals surface area contributed by atoms with Crippen molar-refractivity contribution in [3.8, 4) is 0 Å². The lowest BCUT2D eigenvalue weighted by Crippen LogP contribution is -2.56. The Morgan fingerprint density at radius 2 is 1.89 bits per heavy atom. The highest BCUT2D eigenvalue weighted by molar-refractivity contribution is 5.86. The molecule has 154 valence electrons. The minimum absolute atomic E-state index is 0.0265. The normalized spacial score (nSPS) is 22.4. The molecule has 3 heterocycles. The van der Waals surface area contributed by atoms with Gasteiger partial charge in [0.2, 0.25) is 5.91 Å². The highest BCUT2D eigenvalue weighted by Gasteiger charge is 2.39. The molecule has 1 aromatic heterocycles. The molecular weight excluding hydrogens is 358 g/mol. The van der Waals surface area contributed by atoms with Gasteiger partial charge in [-0.3, -0.25) is 9.59 Å². The zero-order valence-corrected chi connectivity index (χ0v) is 17.4. The van der Waals surface area contributed by atoms with Gasteiger partial charge < -0.3 is 19.5 Å². The van der Waals surface area contributed by atoms with Crippen LogP contribution in [0.15, 0.2) is 23.0 Å². The van der Waals surface area contributed by atoms with Gasteiger partial charge in [0.05, 0.1) is 0 Å². The molecule has 7 nitrogen and oxygen atoms in total. The second-order valence-electron chi connectivity index (χ2n) is 9.31. The highest BCUT2D eigenvalue weighted by Crippen LogP contribution is 2.35. The quantitative estimate of drug-likeness (QED) is 0.860. The van der Waals surface area contributed by atoms with Gasteiger partial charge in [-0.05, 0) is 45.1 Å². The third-order valence-electron chi connectivity index (χ3n) is 5.40. The fraction of sp³-hybridized carbons (Fsp3) is 0.667. The summed E-state index contributed by atoms with van der Waals surface area (Å²) >= 11 is 0. The van der Waals surface area contributed by atoms with Crippen LogP contribution in [0.5, 0.6) is 0 Å². The number of carbonyl (C=O) groups excluding carboxylic acids is 2. The van der Waals surface area contributed by atoms with E-state index in [0.717, 1.165) is 12.1 Å². The summed E-state index contributed by atoms with van der Waals surface area (Å²) < 4.78 is 7.18. The lowest BCUT2D eigenvalue weighted by Gasteiger charge is -2.44. The SMILES string of the molecule is CC(C)[C@H](NC(=O)OC(C)(C)C)C(=O)N1C[C@@H]2C[C@H](C1)c1cccc(=O)n1C2. The first-order valence-corrected chi connectivity index (χ1v) is 10.0. The lowest BCUT2D eigenvalue weighted by atomic mass is 9.82. The van der Waals surface area contributed by atoms with Crippen LogP contribution in [-0.4, -0.2) is 46.2 Å². The van der Waals surface area contributed by atoms with Crippen LogP contribution in [0.3, 0.4) is 0 Å². The van der Waals surface area contributed by atoms with Crippen LogP contribution in [0.1, 0.15) is 52.7 Å². The second kappa shape index (κ2) is 7.60. The smallest absolute Gasteiger partial charge is 0.408 e. The summed E-state index contributed by atoms with van der Waals surface area (Å²) in [6, 6.07) is 4.73. The maximum atomic E-state index is 13.2. The fourth-order valence-electron chi connectivity index (χ4n) is 4.22. The van der Waals surface area contributed by atoms with Gasteiger partial charge in [0, 0.05) is 37.3 Å². The molecule has 2 aliphatic heterocycles. The van der Waals surface area contributed by atoms with Crippen LogP contribution in [0.4, 0.5) is 4.79 Å². The van der Waals surface area contributed by atoms with Gasteiger partial charge in [0.1, 0.15) is 11.6 Å². The van der Waals surface area contributed by atoms with Gasteiger partial charge in [0.25, 0.3) is 5.56 Å². The van der Waals surface area contributed by atoms with Crippen molar-refractivity contribution in [1.82, 2.24) is 14.8 Å². The number of alkyl carbamates (subject to hydrolysis) is 1.